The van der Waals surface area contributed by atoms with E-state index in [0.29, 0.717) is 0 Å². The molecular formula is C12H21OP. The van der Waals surface area contributed by atoms with Gasteiger partial charge in [-0.25, -0.2) is 0 Å². The molecule has 0 saturated carbocycles. The second-order valence-corrected chi connectivity index (χ2v) is 6.92. The summed E-state index contributed by atoms with van der Waals surface area (Å²) in [5.41, 5.74) is 0. The molecule has 0 fully saturated rings. The van der Waals surface area contributed by atoms with Crippen molar-refractivity contribution < 1.29 is 4.57 Å². The Morgan fingerprint density at radius 1 is 0.786 bits per heavy atom. The minimum Gasteiger partial charge on any atom is -0.324 e. The maximum Gasteiger partial charge on any atom is 0.0886 e. The summed E-state index contributed by atoms with van der Waals surface area (Å²) >= 11 is 0. The van der Waals surface area contributed by atoms with Crippen LogP contribution in [0.2, 0.25) is 0 Å². The summed E-state index contributed by atoms with van der Waals surface area (Å²) in [7, 11) is -1.98. The zero-order chi connectivity index (χ0) is 10.9. The quantitative estimate of drug-likeness (QED) is 0.416. The van der Waals surface area contributed by atoms with E-state index in [-0.39, 0.29) is 0 Å². The highest BCUT2D eigenvalue weighted by molar-refractivity contribution is 7.63. The maximum absolute atomic E-state index is 12.3. The van der Waals surface area contributed by atoms with Crippen molar-refractivity contribution >= 4 is 7.14 Å². The molecule has 0 radical (unpaired) electrons. The smallest absolute Gasteiger partial charge is 0.0886 e. The lowest BCUT2D eigenvalue weighted by Gasteiger charge is -2.15. The van der Waals surface area contributed by atoms with Crippen LogP contribution >= 0.6 is 7.14 Å². The molecule has 0 N–H and O–H groups in total. The minimum atomic E-state index is -1.98. The summed E-state index contributed by atoms with van der Waals surface area (Å²) in [6.45, 7) is 11.0. The molecule has 0 aromatic carbocycles. The third-order valence-electron chi connectivity index (χ3n) is 2.22. The summed E-state index contributed by atoms with van der Waals surface area (Å²) in [6.07, 6.45) is 10.5. The van der Waals surface area contributed by atoms with Gasteiger partial charge in [0.15, 0.2) is 0 Å². The van der Waals surface area contributed by atoms with Gasteiger partial charge in [-0.3, -0.25) is 0 Å². The molecule has 1 nitrogen and oxygen atoms in total. The average molecular weight is 212 g/mol. The van der Waals surface area contributed by atoms with E-state index in [2.05, 4.69) is 19.7 Å². The highest BCUT2D eigenvalue weighted by Crippen LogP contribution is 2.47. The first-order valence-electron chi connectivity index (χ1n) is 5.08. The second kappa shape index (κ2) is 7.82. The Labute approximate surface area is 88.0 Å². The van der Waals surface area contributed by atoms with Crippen molar-refractivity contribution in [2.45, 2.75) is 19.3 Å². The number of hydrogen-bond acceptors (Lipinski definition) is 1. The number of rotatable bonds is 9. The largest absolute Gasteiger partial charge is 0.324 e. The van der Waals surface area contributed by atoms with Crippen LogP contribution < -0.4 is 0 Å². The van der Waals surface area contributed by atoms with E-state index in [1.165, 1.54) is 0 Å². The van der Waals surface area contributed by atoms with Crippen molar-refractivity contribution in [1.82, 2.24) is 0 Å². The van der Waals surface area contributed by atoms with Crippen LogP contribution in [0.4, 0.5) is 0 Å². The van der Waals surface area contributed by atoms with Gasteiger partial charge in [0.1, 0.15) is 0 Å². The van der Waals surface area contributed by atoms with Crippen molar-refractivity contribution in [3.63, 3.8) is 0 Å². The highest BCUT2D eigenvalue weighted by Gasteiger charge is 2.18. The Morgan fingerprint density at radius 2 is 1.07 bits per heavy atom. The molecule has 0 aliphatic heterocycles. The van der Waals surface area contributed by atoms with Crippen molar-refractivity contribution in [1.29, 1.82) is 0 Å². The van der Waals surface area contributed by atoms with Crippen molar-refractivity contribution in [2.75, 3.05) is 18.5 Å². The van der Waals surface area contributed by atoms with Gasteiger partial charge in [-0.2, -0.15) is 0 Å². The van der Waals surface area contributed by atoms with Gasteiger partial charge >= 0.3 is 0 Å². The van der Waals surface area contributed by atoms with Crippen LogP contribution in [0.15, 0.2) is 38.0 Å². The first kappa shape index (κ1) is 13.4. The summed E-state index contributed by atoms with van der Waals surface area (Å²) in [5, 5.41) is 0. The second-order valence-electron chi connectivity index (χ2n) is 3.46. The molecule has 0 atom stereocenters. The van der Waals surface area contributed by atoms with E-state index in [1.54, 1.807) is 0 Å². The first-order valence-corrected chi connectivity index (χ1v) is 7.34. The van der Waals surface area contributed by atoms with Crippen LogP contribution in [0.1, 0.15) is 19.3 Å². The molecule has 0 bridgehead atoms. The van der Waals surface area contributed by atoms with E-state index in [0.717, 1.165) is 37.7 Å². The standard InChI is InChI=1S/C12H21OP/c1-4-7-10-14(13,11-8-5-2)12-9-6-3/h4-6H,1-3,7-12H2. The van der Waals surface area contributed by atoms with Crippen LogP contribution in [-0.4, -0.2) is 18.5 Å². The fourth-order valence-corrected chi connectivity index (χ4v) is 3.95. The molecule has 0 unspecified atom stereocenters. The Bertz CT molecular complexity index is 192. The molecule has 0 saturated heterocycles. The van der Waals surface area contributed by atoms with Gasteiger partial charge < -0.3 is 4.57 Å². The topological polar surface area (TPSA) is 17.1 Å². The Hall–Kier alpha value is -0.550. The SMILES string of the molecule is C=CCCP(=O)(CCC=C)CCC=C. The zero-order valence-corrected chi connectivity index (χ0v) is 9.85. The van der Waals surface area contributed by atoms with Crippen LogP contribution in [0, 0.1) is 0 Å². The van der Waals surface area contributed by atoms with Crippen LogP contribution in [0.25, 0.3) is 0 Å². The monoisotopic (exact) mass is 212 g/mol. The van der Waals surface area contributed by atoms with Crippen molar-refractivity contribution in [3.8, 4) is 0 Å². The predicted molar refractivity (Wildman–Crippen MR) is 66.6 cm³/mol. The summed E-state index contributed by atoms with van der Waals surface area (Å²) in [4.78, 5) is 0. The van der Waals surface area contributed by atoms with Crippen LogP contribution in [0.3, 0.4) is 0 Å². The molecule has 14 heavy (non-hydrogen) atoms. The van der Waals surface area contributed by atoms with Gasteiger partial charge in [-0.15, -0.1) is 19.7 Å². The van der Waals surface area contributed by atoms with E-state index in [1.807, 2.05) is 18.2 Å². The molecule has 80 valence electrons. The van der Waals surface area contributed by atoms with Gasteiger partial charge in [0.2, 0.25) is 0 Å². The van der Waals surface area contributed by atoms with E-state index in [4.69, 9.17) is 0 Å². The molecule has 0 heterocycles. The molecule has 0 rings (SSSR count). The molecule has 0 aromatic heterocycles. The summed E-state index contributed by atoms with van der Waals surface area (Å²) in [5.74, 6) is 0. The molecule has 0 aliphatic rings. The fourth-order valence-electron chi connectivity index (χ4n) is 1.32. The maximum atomic E-state index is 12.3. The molecular weight excluding hydrogens is 191 g/mol. The Morgan fingerprint density at radius 3 is 1.29 bits per heavy atom. The van der Waals surface area contributed by atoms with Crippen molar-refractivity contribution in [2.24, 2.45) is 0 Å². The minimum absolute atomic E-state index is 0.790. The third kappa shape index (κ3) is 5.99. The van der Waals surface area contributed by atoms with Crippen molar-refractivity contribution in [3.05, 3.63) is 38.0 Å². The molecule has 0 amide bonds. The summed E-state index contributed by atoms with van der Waals surface area (Å²) < 4.78 is 12.3. The van der Waals surface area contributed by atoms with Crippen LogP contribution in [-0.2, 0) is 4.57 Å². The lowest BCUT2D eigenvalue weighted by molar-refractivity contribution is 0.573. The predicted octanol–water partition coefficient (Wildman–Crippen LogP) is 4.08. The first-order chi connectivity index (χ1) is 6.68. The van der Waals surface area contributed by atoms with Gasteiger partial charge in [0, 0.05) is 18.5 Å². The van der Waals surface area contributed by atoms with Gasteiger partial charge in [-0.05, 0) is 19.3 Å². The third-order valence-corrected chi connectivity index (χ3v) is 5.44. The van der Waals surface area contributed by atoms with Crippen LogP contribution in [0.5, 0.6) is 0 Å². The van der Waals surface area contributed by atoms with E-state index < -0.39 is 7.14 Å². The lowest BCUT2D eigenvalue weighted by Crippen LogP contribution is -1.99. The summed E-state index contributed by atoms with van der Waals surface area (Å²) in [6, 6.07) is 0. The van der Waals surface area contributed by atoms with Gasteiger partial charge in [0.05, 0.1) is 7.14 Å². The molecule has 0 spiro atoms. The Balaban J connectivity index is 4.15. The van der Waals surface area contributed by atoms with E-state index in [9.17, 15) is 4.57 Å². The normalized spacial score (nSPS) is 10.9. The molecule has 2 heteroatoms. The zero-order valence-electron chi connectivity index (χ0n) is 8.95. The number of allylic oxidation sites excluding steroid dienone is 3. The average Bonchev–Trinajstić information content (AvgIpc) is 2.21. The molecule has 0 aromatic rings. The highest BCUT2D eigenvalue weighted by atomic mass is 31.2. The number of hydrogen-bond donors (Lipinski definition) is 0. The lowest BCUT2D eigenvalue weighted by atomic mass is 10.5. The fraction of sp³-hybridized carbons (Fsp3) is 0.500. The Kier molecular flexibility index (Phi) is 7.51. The molecule has 0 aliphatic carbocycles. The van der Waals surface area contributed by atoms with Gasteiger partial charge in [-0.1, -0.05) is 18.2 Å². The van der Waals surface area contributed by atoms with E-state index >= 15 is 0 Å². The van der Waals surface area contributed by atoms with Gasteiger partial charge in [0.25, 0.3) is 0 Å².